The number of amides is 2. The summed E-state index contributed by atoms with van der Waals surface area (Å²) in [6.07, 6.45) is -3.50. The summed E-state index contributed by atoms with van der Waals surface area (Å²) >= 11 is 3.32. The van der Waals surface area contributed by atoms with E-state index in [2.05, 4.69) is 31.8 Å². The van der Waals surface area contributed by atoms with E-state index in [9.17, 15) is 22.8 Å². The lowest BCUT2D eigenvalue weighted by Gasteiger charge is -2.09. The summed E-state index contributed by atoms with van der Waals surface area (Å²) in [7, 11) is 1.50. The van der Waals surface area contributed by atoms with Crippen molar-refractivity contribution < 1.29 is 27.5 Å². The molecule has 0 aromatic heterocycles. The van der Waals surface area contributed by atoms with Crippen molar-refractivity contribution in [2.24, 2.45) is 5.10 Å². The number of carbonyl (C=O) groups is 2. The highest BCUT2D eigenvalue weighted by atomic mass is 79.9. The number of carbonyl (C=O) groups excluding carboxylic acids is 2. The van der Waals surface area contributed by atoms with E-state index in [1.165, 1.54) is 25.5 Å². The standard InChI is InChI=1S/C19H17BrF3N3O3/c1-29-16-6-5-14(20)9-12(16)11-24-26-18(28)8-7-17(27)25-15-4-2-3-13(10-15)19(21,22)23/h2-6,9-11H,7-8H2,1H3,(H,25,27)(H,26,28). The Morgan fingerprint density at radius 3 is 2.55 bits per heavy atom. The van der Waals surface area contributed by atoms with Crippen LogP contribution in [0.25, 0.3) is 0 Å². The lowest BCUT2D eigenvalue weighted by molar-refractivity contribution is -0.137. The maximum Gasteiger partial charge on any atom is 0.416 e. The molecule has 0 atom stereocenters. The average molecular weight is 472 g/mol. The third kappa shape index (κ3) is 7.22. The minimum atomic E-state index is -4.50. The van der Waals surface area contributed by atoms with Gasteiger partial charge >= 0.3 is 6.18 Å². The molecule has 0 aliphatic heterocycles. The highest BCUT2D eigenvalue weighted by Crippen LogP contribution is 2.30. The van der Waals surface area contributed by atoms with Crippen LogP contribution in [0.4, 0.5) is 18.9 Å². The highest BCUT2D eigenvalue weighted by Gasteiger charge is 2.30. The topological polar surface area (TPSA) is 79.8 Å². The first-order valence-electron chi connectivity index (χ1n) is 8.31. The van der Waals surface area contributed by atoms with Crippen molar-refractivity contribution in [2.75, 3.05) is 12.4 Å². The third-order valence-electron chi connectivity index (χ3n) is 3.64. The molecule has 6 nitrogen and oxygen atoms in total. The van der Waals surface area contributed by atoms with Crippen LogP contribution in [0.5, 0.6) is 5.75 Å². The summed E-state index contributed by atoms with van der Waals surface area (Å²) in [5, 5.41) is 6.14. The van der Waals surface area contributed by atoms with Crippen molar-refractivity contribution in [3.8, 4) is 5.75 Å². The lowest BCUT2D eigenvalue weighted by atomic mass is 10.2. The molecule has 0 spiro atoms. The summed E-state index contributed by atoms with van der Waals surface area (Å²) < 4.78 is 44.0. The second kappa shape index (κ2) is 10.1. The number of alkyl halides is 3. The number of nitrogens with zero attached hydrogens (tertiary/aromatic N) is 1. The van der Waals surface area contributed by atoms with Crippen molar-refractivity contribution in [1.29, 1.82) is 0 Å². The molecule has 2 amide bonds. The Balaban J connectivity index is 1.83. The van der Waals surface area contributed by atoms with Gasteiger partial charge in [-0.15, -0.1) is 0 Å². The van der Waals surface area contributed by atoms with E-state index in [1.54, 1.807) is 18.2 Å². The van der Waals surface area contributed by atoms with Gasteiger partial charge in [0.2, 0.25) is 11.8 Å². The zero-order valence-corrected chi connectivity index (χ0v) is 16.8. The van der Waals surface area contributed by atoms with E-state index in [0.29, 0.717) is 11.3 Å². The fraction of sp³-hybridized carbons (Fsp3) is 0.211. The predicted octanol–water partition coefficient (Wildman–Crippen LogP) is 4.35. The van der Waals surface area contributed by atoms with Crippen LogP contribution in [0.15, 0.2) is 52.0 Å². The van der Waals surface area contributed by atoms with Crippen LogP contribution in [0.3, 0.4) is 0 Å². The van der Waals surface area contributed by atoms with Gasteiger partial charge in [-0.3, -0.25) is 9.59 Å². The molecule has 0 heterocycles. The minimum Gasteiger partial charge on any atom is -0.496 e. The van der Waals surface area contributed by atoms with E-state index in [1.807, 2.05) is 0 Å². The summed E-state index contributed by atoms with van der Waals surface area (Å²) in [6, 6.07) is 9.52. The molecule has 0 bridgehead atoms. The van der Waals surface area contributed by atoms with Crippen LogP contribution in [-0.2, 0) is 15.8 Å². The number of hydrazone groups is 1. The van der Waals surface area contributed by atoms with Gasteiger partial charge in [0.25, 0.3) is 0 Å². The predicted molar refractivity (Wildman–Crippen MR) is 106 cm³/mol. The van der Waals surface area contributed by atoms with E-state index in [0.717, 1.165) is 16.6 Å². The molecule has 0 fully saturated rings. The molecular weight excluding hydrogens is 455 g/mol. The quantitative estimate of drug-likeness (QED) is 0.465. The lowest BCUT2D eigenvalue weighted by Crippen LogP contribution is -2.20. The highest BCUT2D eigenvalue weighted by molar-refractivity contribution is 9.10. The molecule has 154 valence electrons. The van der Waals surface area contributed by atoms with Gasteiger partial charge in [-0.05, 0) is 36.4 Å². The van der Waals surface area contributed by atoms with Crippen molar-refractivity contribution in [1.82, 2.24) is 5.43 Å². The summed E-state index contributed by atoms with van der Waals surface area (Å²) in [5.41, 5.74) is 2.04. The molecule has 0 saturated heterocycles. The minimum absolute atomic E-state index is 0.00463. The Kier molecular flexibility index (Phi) is 7.77. The zero-order valence-electron chi connectivity index (χ0n) is 15.2. The Labute approximate surface area is 173 Å². The largest absolute Gasteiger partial charge is 0.496 e. The number of hydrogen-bond donors (Lipinski definition) is 2. The van der Waals surface area contributed by atoms with Gasteiger partial charge in [0.05, 0.1) is 18.9 Å². The molecule has 0 radical (unpaired) electrons. The normalized spacial score (nSPS) is 11.3. The van der Waals surface area contributed by atoms with Crippen LogP contribution in [-0.4, -0.2) is 25.1 Å². The smallest absolute Gasteiger partial charge is 0.416 e. The van der Waals surface area contributed by atoms with E-state index in [4.69, 9.17) is 4.74 Å². The first-order chi connectivity index (χ1) is 13.7. The monoisotopic (exact) mass is 471 g/mol. The Morgan fingerprint density at radius 2 is 1.86 bits per heavy atom. The fourth-order valence-corrected chi connectivity index (χ4v) is 2.64. The van der Waals surface area contributed by atoms with Crippen molar-refractivity contribution in [3.05, 3.63) is 58.1 Å². The number of rotatable bonds is 7. The molecular formula is C19H17BrF3N3O3. The molecule has 29 heavy (non-hydrogen) atoms. The van der Waals surface area contributed by atoms with Crippen LogP contribution in [0.2, 0.25) is 0 Å². The SMILES string of the molecule is COc1ccc(Br)cc1C=NNC(=O)CCC(=O)Nc1cccc(C(F)(F)F)c1. The average Bonchev–Trinajstić information content (AvgIpc) is 2.66. The molecule has 0 aliphatic carbocycles. The van der Waals surface area contributed by atoms with Gasteiger partial charge in [-0.2, -0.15) is 18.3 Å². The molecule has 10 heteroatoms. The van der Waals surface area contributed by atoms with E-state index >= 15 is 0 Å². The number of methoxy groups -OCH3 is 1. The number of hydrogen-bond acceptors (Lipinski definition) is 4. The van der Waals surface area contributed by atoms with Crippen LogP contribution < -0.4 is 15.5 Å². The maximum absolute atomic E-state index is 12.7. The maximum atomic E-state index is 12.7. The van der Waals surface area contributed by atoms with Gasteiger partial charge in [0.1, 0.15) is 5.75 Å². The second-order valence-corrected chi connectivity index (χ2v) is 6.72. The Bertz CT molecular complexity index is 917. The van der Waals surface area contributed by atoms with Crippen LogP contribution in [0.1, 0.15) is 24.0 Å². The number of benzene rings is 2. The summed E-state index contributed by atoms with van der Waals surface area (Å²) in [5.74, 6) is -0.543. The van der Waals surface area contributed by atoms with Gasteiger partial charge in [-0.25, -0.2) is 5.43 Å². The number of nitrogens with one attached hydrogen (secondary N) is 2. The molecule has 0 unspecified atom stereocenters. The molecule has 2 N–H and O–H groups in total. The van der Waals surface area contributed by atoms with Gasteiger partial charge < -0.3 is 10.1 Å². The molecule has 2 aromatic rings. The molecule has 2 rings (SSSR count). The Morgan fingerprint density at radius 1 is 1.14 bits per heavy atom. The van der Waals surface area contributed by atoms with Crippen LogP contribution in [0, 0.1) is 0 Å². The van der Waals surface area contributed by atoms with Gasteiger partial charge in [0, 0.05) is 28.6 Å². The summed E-state index contributed by atoms with van der Waals surface area (Å²) in [4.78, 5) is 23.7. The summed E-state index contributed by atoms with van der Waals surface area (Å²) in [6.45, 7) is 0. The van der Waals surface area contributed by atoms with Crippen molar-refractivity contribution >= 4 is 39.6 Å². The number of ether oxygens (including phenoxy) is 1. The third-order valence-corrected chi connectivity index (χ3v) is 4.13. The first kappa shape index (κ1) is 22.4. The Hall–Kier alpha value is -2.88. The van der Waals surface area contributed by atoms with Gasteiger partial charge in [0.15, 0.2) is 0 Å². The van der Waals surface area contributed by atoms with Crippen LogP contribution >= 0.6 is 15.9 Å². The molecule has 2 aromatic carbocycles. The molecule has 0 aliphatic rings. The second-order valence-electron chi connectivity index (χ2n) is 5.81. The number of anilines is 1. The fourth-order valence-electron chi connectivity index (χ4n) is 2.26. The van der Waals surface area contributed by atoms with E-state index in [-0.39, 0.29) is 18.5 Å². The zero-order chi connectivity index (χ0) is 21.4. The van der Waals surface area contributed by atoms with E-state index < -0.39 is 23.6 Å². The molecule has 0 saturated carbocycles. The van der Waals surface area contributed by atoms with Crippen molar-refractivity contribution in [2.45, 2.75) is 19.0 Å². The van der Waals surface area contributed by atoms with Gasteiger partial charge in [-0.1, -0.05) is 22.0 Å². The van der Waals surface area contributed by atoms with Crippen molar-refractivity contribution in [3.63, 3.8) is 0 Å². The first-order valence-corrected chi connectivity index (χ1v) is 9.11. The number of halogens is 4.